The lowest BCUT2D eigenvalue weighted by Gasteiger charge is -2.36. The van der Waals surface area contributed by atoms with Crippen LogP contribution in [-0.4, -0.2) is 49.1 Å². The molecule has 0 unspecified atom stereocenters. The van der Waals surface area contributed by atoms with Gasteiger partial charge in [0.25, 0.3) is 5.91 Å². The molecule has 1 rings (SSSR count). The largest absolute Gasteiger partial charge is 0.460 e. The van der Waals surface area contributed by atoms with Gasteiger partial charge < -0.3 is 14.5 Å². The van der Waals surface area contributed by atoms with Gasteiger partial charge in [-0.15, -0.1) is 0 Å². The van der Waals surface area contributed by atoms with Crippen molar-refractivity contribution in [2.24, 2.45) is 0 Å². The molecule has 33 heavy (non-hydrogen) atoms. The van der Waals surface area contributed by atoms with Crippen molar-refractivity contribution in [1.29, 1.82) is 0 Å². The molecule has 1 amide bonds. The monoisotopic (exact) mass is 461 g/mol. The number of nitrogens with zero attached hydrogens (tertiary/aromatic N) is 1. The van der Waals surface area contributed by atoms with Crippen LogP contribution in [0.5, 0.6) is 0 Å². The molecule has 0 radical (unpaired) electrons. The predicted molar refractivity (Wildman–Crippen MR) is 138 cm³/mol. The molecular weight excluding hydrogens is 412 g/mol. The Balaban J connectivity index is 2.33. The van der Waals surface area contributed by atoms with Crippen molar-refractivity contribution in [3.8, 4) is 0 Å². The summed E-state index contributed by atoms with van der Waals surface area (Å²) in [6.07, 6.45) is 11.6. The van der Waals surface area contributed by atoms with E-state index in [4.69, 9.17) is 4.74 Å². The first kappa shape index (κ1) is 29.2. The summed E-state index contributed by atoms with van der Waals surface area (Å²) in [4.78, 5) is 25.0. The quantitative estimate of drug-likeness (QED) is 0.153. The van der Waals surface area contributed by atoms with E-state index >= 15 is 0 Å². The van der Waals surface area contributed by atoms with Gasteiger partial charge in [-0.2, -0.15) is 0 Å². The number of amides is 1. The van der Waals surface area contributed by atoms with Crippen molar-refractivity contribution >= 4 is 17.6 Å². The summed E-state index contributed by atoms with van der Waals surface area (Å²) in [6, 6.07) is 6.02. The smallest absolute Gasteiger partial charge is 0.305 e. The van der Waals surface area contributed by atoms with Crippen LogP contribution in [0.15, 0.2) is 18.2 Å². The molecule has 0 saturated heterocycles. The number of anilines is 1. The second kappa shape index (κ2) is 16.7. The normalized spacial score (nSPS) is 11.4. The molecule has 0 aliphatic rings. The highest BCUT2D eigenvalue weighted by molar-refractivity contribution is 5.93. The lowest BCUT2D eigenvalue weighted by atomic mass is 10.1. The number of hydrogen-bond acceptors (Lipinski definition) is 3. The van der Waals surface area contributed by atoms with Gasteiger partial charge in [0.2, 0.25) is 0 Å². The topological polar surface area (TPSA) is 55.4 Å². The molecule has 0 aliphatic carbocycles. The second-order valence-electron chi connectivity index (χ2n) is 9.47. The zero-order valence-electron chi connectivity index (χ0n) is 22.0. The number of hydrogen-bond donors (Lipinski definition) is 1. The summed E-state index contributed by atoms with van der Waals surface area (Å²) in [6.45, 7) is 13.5. The third-order valence-electron chi connectivity index (χ3n) is 6.88. The van der Waals surface area contributed by atoms with Crippen LogP contribution in [-0.2, 0) is 14.3 Å². The van der Waals surface area contributed by atoms with Crippen molar-refractivity contribution < 1.29 is 18.8 Å². The number of rotatable bonds is 18. The highest BCUT2D eigenvalue weighted by atomic mass is 16.5. The van der Waals surface area contributed by atoms with Gasteiger partial charge in [-0.3, -0.25) is 9.59 Å². The van der Waals surface area contributed by atoms with Crippen LogP contribution in [0.1, 0.15) is 96.1 Å². The van der Waals surface area contributed by atoms with Gasteiger partial charge in [0.15, 0.2) is 6.54 Å². The van der Waals surface area contributed by atoms with Crippen LogP contribution < -0.4 is 5.32 Å². The highest BCUT2D eigenvalue weighted by Gasteiger charge is 2.27. The number of quaternary nitrogens is 1. The Labute approximate surface area is 202 Å². The van der Waals surface area contributed by atoms with Gasteiger partial charge in [-0.25, -0.2) is 0 Å². The molecule has 1 aromatic carbocycles. The molecule has 0 aromatic heterocycles. The maximum atomic E-state index is 12.8. The molecule has 1 N–H and O–H groups in total. The van der Waals surface area contributed by atoms with E-state index < -0.39 is 0 Å². The Kier molecular flexibility index (Phi) is 14.7. The maximum Gasteiger partial charge on any atom is 0.305 e. The standard InChI is InChI=1S/C28H48N2O3/c1-6-9-10-11-12-13-14-15-16-20-27(32)33-22-21-30(7-2,8-3)23-26(31)29-28-24(4)18-17-19-25(28)5/h17-19H,6-16,20-23H2,1-5H3/p+1. The summed E-state index contributed by atoms with van der Waals surface area (Å²) in [5, 5.41) is 3.10. The Hall–Kier alpha value is -1.88. The number of carbonyl (C=O) groups excluding carboxylic acids is 2. The average molecular weight is 462 g/mol. The lowest BCUT2D eigenvalue weighted by Crippen LogP contribution is -2.54. The van der Waals surface area contributed by atoms with Gasteiger partial charge in [0.05, 0.1) is 13.1 Å². The van der Waals surface area contributed by atoms with Crippen molar-refractivity contribution in [2.75, 3.05) is 38.1 Å². The number of carbonyl (C=O) groups is 2. The number of aryl methyl sites for hydroxylation is 2. The molecule has 1 aromatic rings. The van der Waals surface area contributed by atoms with E-state index in [1.165, 1.54) is 44.9 Å². The Morgan fingerprint density at radius 2 is 1.39 bits per heavy atom. The van der Waals surface area contributed by atoms with Crippen LogP contribution in [0.2, 0.25) is 0 Å². The summed E-state index contributed by atoms with van der Waals surface area (Å²) in [7, 11) is 0. The maximum absolute atomic E-state index is 12.8. The third kappa shape index (κ3) is 11.7. The molecule has 0 bridgehead atoms. The van der Waals surface area contributed by atoms with E-state index in [9.17, 15) is 9.59 Å². The van der Waals surface area contributed by atoms with Gasteiger partial charge in [0, 0.05) is 12.1 Å². The number of ether oxygens (including phenoxy) is 1. The molecular formula is C28H49N2O3+. The van der Waals surface area contributed by atoms with Gasteiger partial charge in [-0.1, -0.05) is 76.5 Å². The zero-order chi connectivity index (χ0) is 24.5. The molecule has 0 heterocycles. The summed E-state index contributed by atoms with van der Waals surface area (Å²) in [5.74, 6) is -0.0969. The minimum absolute atomic E-state index is 0.0112. The first-order valence-corrected chi connectivity index (χ1v) is 13.2. The van der Waals surface area contributed by atoms with Gasteiger partial charge in [0.1, 0.15) is 13.2 Å². The van der Waals surface area contributed by atoms with Crippen molar-refractivity contribution in [3.63, 3.8) is 0 Å². The first-order chi connectivity index (χ1) is 15.9. The Morgan fingerprint density at radius 1 is 0.848 bits per heavy atom. The molecule has 5 heteroatoms. The molecule has 188 valence electrons. The van der Waals surface area contributed by atoms with E-state index in [0.29, 0.717) is 30.6 Å². The number of nitrogens with one attached hydrogen (secondary N) is 1. The molecule has 0 atom stereocenters. The fraction of sp³-hybridized carbons (Fsp3) is 0.714. The predicted octanol–water partition coefficient (Wildman–Crippen LogP) is 6.56. The van der Waals surface area contributed by atoms with Gasteiger partial charge >= 0.3 is 5.97 Å². The van der Waals surface area contributed by atoms with Crippen molar-refractivity contribution in [2.45, 2.75) is 98.8 Å². The average Bonchev–Trinajstić information content (AvgIpc) is 2.79. The van der Waals surface area contributed by atoms with Gasteiger partial charge in [-0.05, 0) is 45.2 Å². The molecule has 0 aliphatic heterocycles. The van der Waals surface area contributed by atoms with Crippen LogP contribution in [0.4, 0.5) is 5.69 Å². The lowest BCUT2D eigenvalue weighted by molar-refractivity contribution is -0.917. The van der Waals surface area contributed by atoms with E-state index in [-0.39, 0.29) is 11.9 Å². The van der Waals surface area contributed by atoms with Crippen LogP contribution in [0.3, 0.4) is 0 Å². The fourth-order valence-electron chi connectivity index (χ4n) is 4.34. The van der Waals surface area contributed by atoms with E-state index in [1.807, 2.05) is 32.0 Å². The summed E-state index contributed by atoms with van der Waals surface area (Å²) < 4.78 is 6.14. The SMILES string of the molecule is CCCCCCCCCCCC(=O)OCC[N+](CC)(CC)CC(=O)Nc1c(C)cccc1C. The van der Waals surface area contributed by atoms with Crippen molar-refractivity contribution in [3.05, 3.63) is 29.3 Å². The number of unbranched alkanes of at least 4 members (excludes halogenated alkanes) is 8. The Bertz CT molecular complexity index is 678. The van der Waals surface area contributed by atoms with E-state index in [0.717, 1.165) is 42.7 Å². The minimum atomic E-state index is -0.108. The number of esters is 1. The van der Waals surface area contributed by atoms with Crippen LogP contribution in [0.25, 0.3) is 0 Å². The zero-order valence-corrected chi connectivity index (χ0v) is 22.0. The number of benzene rings is 1. The molecule has 0 fully saturated rings. The van der Waals surface area contributed by atoms with E-state index in [1.54, 1.807) is 0 Å². The summed E-state index contributed by atoms with van der Waals surface area (Å²) >= 11 is 0. The van der Waals surface area contributed by atoms with E-state index in [2.05, 4.69) is 26.1 Å². The third-order valence-corrected chi connectivity index (χ3v) is 6.88. The molecule has 5 nitrogen and oxygen atoms in total. The first-order valence-electron chi connectivity index (χ1n) is 13.2. The number of para-hydroxylation sites is 1. The second-order valence-corrected chi connectivity index (χ2v) is 9.47. The molecule has 0 saturated carbocycles. The van der Waals surface area contributed by atoms with Crippen LogP contribution in [0, 0.1) is 13.8 Å². The molecule has 0 spiro atoms. The minimum Gasteiger partial charge on any atom is -0.460 e. The van der Waals surface area contributed by atoms with Crippen molar-refractivity contribution in [1.82, 2.24) is 0 Å². The Morgan fingerprint density at radius 3 is 1.94 bits per heavy atom. The summed E-state index contributed by atoms with van der Waals surface area (Å²) in [5.41, 5.74) is 3.04. The number of likely N-dealkylation sites (N-methyl/N-ethyl adjacent to an activating group) is 1. The van der Waals surface area contributed by atoms with Crippen LogP contribution >= 0.6 is 0 Å². The highest BCUT2D eigenvalue weighted by Crippen LogP contribution is 2.20. The fourth-order valence-corrected chi connectivity index (χ4v) is 4.34.